The van der Waals surface area contributed by atoms with Crippen LogP contribution in [0.5, 0.6) is 0 Å². The van der Waals surface area contributed by atoms with Crippen LogP contribution in [0.25, 0.3) is 0 Å². The fourth-order valence-electron chi connectivity index (χ4n) is 2.93. The molecule has 1 atom stereocenters. The second-order valence-corrected chi connectivity index (χ2v) is 8.73. The van der Waals surface area contributed by atoms with Crippen LogP contribution < -0.4 is 10.0 Å². The maximum absolute atomic E-state index is 13.2. The first-order valence-electron chi connectivity index (χ1n) is 9.48. The van der Waals surface area contributed by atoms with Crippen LogP contribution in [0.4, 0.5) is 4.39 Å². The van der Waals surface area contributed by atoms with Gasteiger partial charge in [0.05, 0.1) is 4.90 Å². The zero-order valence-electron chi connectivity index (χ0n) is 16.5. The van der Waals surface area contributed by atoms with Crippen molar-refractivity contribution in [2.45, 2.75) is 30.8 Å². The standard InChI is InChI=1S/C23H23FN2O3S/c1-17-7-9-19(10-8-17)16-25-23(27)22(15-18-5-3-2-4-6-18)26-30(28,29)21-13-11-20(24)12-14-21/h2-14,22,26H,15-16H2,1H3,(H,25,27)/t22-/m0/s1. The number of rotatable bonds is 8. The van der Waals surface area contributed by atoms with E-state index in [9.17, 15) is 17.6 Å². The highest BCUT2D eigenvalue weighted by atomic mass is 32.2. The molecular formula is C23H23FN2O3S. The minimum absolute atomic E-state index is 0.103. The van der Waals surface area contributed by atoms with Crippen LogP contribution in [0.3, 0.4) is 0 Å². The van der Waals surface area contributed by atoms with Crippen molar-refractivity contribution in [2.75, 3.05) is 0 Å². The molecule has 0 aliphatic carbocycles. The summed E-state index contributed by atoms with van der Waals surface area (Å²) in [6.45, 7) is 2.26. The van der Waals surface area contributed by atoms with Gasteiger partial charge in [-0.1, -0.05) is 60.2 Å². The van der Waals surface area contributed by atoms with E-state index in [0.29, 0.717) is 0 Å². The average Bonchev–Trinajstić information content (AvgIpc) is 2.73. The molecule has 0 fully saturated rings. The Morgan fingerprint density at radius 1 is 0.900 bits per heavy atom. The van der Waals surface area contributed by atoms with Gasteiger partial charge in [-0.25, -0.2) is 12.8 Å². The summed E-state index contributed by atoms with van der Waals surface area (Å²) >= 11 is 0. The molecule has 0 aliphatic rings. The molecule has 3 aromatic carbocycles. The fraction of sp³-hybridized carbons (Fsp3) is 0.174. The molecule has 3 rings (SSSR count). The molecule has 0 radical (unpaired) electrons. The highest BCUT2D eigenvalue weighted by molar-refractivity contribution is 7.89. The normalized spacial score (nSPS) is 12.3. The Bertz CT molecular complexity index is 1080. The van der Waals surface area contributed by atoms with Crippen molar-refractivity contribution in [3.63, 3.8) is 0 Å². The van der Waals surface area contributed by atoms with E-state index in [1.54, 1.807) is 0 Å². The summed E-state index contributed by atoms with van der Waals surface area (Å²) in [6.07, 6.45) is 0.182. The largest absolute Gasteiger partial charge is 0.351 e. The van der Waals surface area contributed by atoms with Gasteiger partial charge < -0.3 is 5.32 Å². The van der Waals surface area contributed by atoms with Gasteiger partial charge in [0, 0.05) is 6.54 Å². The third-order valence-corrected chi connectivity index (χ3v) is 6.10. The highest BCUT2D eigenvalue weighted by Gasteiger charge is 2.26. The van der Waals surface area contributed by atoms with E-state index in [1.807, 2.05) is 61.5 Å². The van der Waals surface area contributed by atoms with Crippen molar-refractivity contribution in [2.24, 2.45) is 0 Å². The molecule has 5 nitrogen and oxygen atoms in total. The van der Waals surface area contributed by atoms with Gasteiger partial charge in [0.15, 0.2) is 0 Å². The first-order chi connectivity index (χ1) is 14.3. The number of aryl methyl sites for hydroxylation is 1. The highest BCUT2D eigenvalue weighted by Crippen LogP contribution is 2.13. The van der Waals surface area contributed by atoms with Crippen LogP contribution in [0, 0.1) is 12.7 Å². The minimum atomic E-state index is -4.01. The number of hydrogen-bond acceptors (Lipinski definition) is 3. The zero-order chi connectivity index (χ0) is 21.6. The third kappa shape index (κ3) is 5.98. The molecule has 1 amide bonds. The Kier molecular flexibility index (Phi) is 6.97. The molecule has 156 valence electrons. The molecule has 0 aliphatic heterocycles. The summed E-state index contributed by atoms with van der Waals surface area (Å²) in [5, 5.41) is 2.80. The second-order valence-electron chi connectivity index (χ2n) is 7.02. The maximum atomic E-state index is 13.2. The maximum Gasteiger partial charge on any atom is 0.241 e. The number of carbonyl (C=O) groups excluding carboxylic acids is 1. The van der Waals surface area contributed by atoms with Gasteiger partial charge in [0.25, 0.3) is 0 Å². The summed E-state index contributed by atoms with van der Waals surface area (Å²) in [5.41, 5.74) is 2.84. The van der Waals surface area contributed by atoms with Gasteiger partial charge in [-0.2, -0.15) is 4.72 Å². The van der Waals surface area contributed by atoms with Crippen LogP contribution in [0.15, 0.2) is 83.8 Å². The second kappa shape index (κ2) is 9.65. The van der Waals surface area contributed by atoms with Gasteiger partial charge in [-0.15, -0.1) is 0 Å². The number of benzene rings is 3. The smallest absolute Gasteiger partial charge is 0.241 e. The van der Waals surface area contributed by atoms with E-state index in [2.05, 4.69) is 10.0 Å². The first kappa shape index (κ1) is 21.7. The molecule has 0 spiro atoms. The molecule has 30 heavy (non-hydrogen) atoms. The Morgan fingerprint density at radius 3 is 2.17 bits per heavy atom. The lowest BCUT2D eigenvalue weighted by molar-refractivity contribution is -0.122. The number of nitrogens with one attached hydrogen (secondary N) is 2. The number of carbonyl (C=O) groups is 1. The summed E-state index contributed by atoms with van der Waals surface area (Å²) in [5.74, 6) is -0.976. The van der Waals surface area contributed by atoms with Crippen molar-refractivity contribution >= 4 is 15.9 Å². The van der Waals surface area contributed by atoms with Crippen molar-refractivity contribution in [1.82, 2.24) is 10.0 Å². The van der Waals surface area contributed by atoms with E-state index in [1.165, 1.54) is 12.1 Å². The quantitative estimate of drug-likeness (QED) is 0.580. The van der Waals surface area contributed by atoms with Crippen molar-refractivity contribution in [3.05, 3.63) is 101 Å². The Balaban J connectivity index is 1.77. The van der Waals surface area contributed by atoms with Gasteiger partial charge in [0.2, 0.25) is 15.9 Å². The van der Waals surface area contributed by atoms with E-state index in [-0.39, 0.29) is 17.9 Å². The number of hydrogen-bond donors (Lipinski definition) is 2. The van der Waals surface area contributed by atoms with E-state index in [0.717, 1.165) is 28.8 Å². The molecule has 0 saturated carbocycles. The lowest BCUT2D eigenvalue weighted by Crippen LogP contribution is -2.47. The molecule has 0 saturated heterocycles. The van der Waals surface area contributed by atoms with Crippen molar-refractivity contribution in [1.29, 1.82) is 0 Å². The molecule has 2 N–H and O–H groups in total. The van der Waals surface area contributed by atoms with Crippen LogP contribution >= 0.6 is 0 Å². The summed E-state index contributed by atoms with van der Waals surface area (Å²) < 4.78 is 41.1. The number of amides is 1. The van der Waals surface area contributed by atoms with Crippen LogP contribution in [0.2, 0.25) is 0 Å². The number of sulfonamides is 1. The van der Waals surface area contributed by atoms with Crippen LogP contribution in [-0.2, 0) is 27.8 Å². The van der Waals surface area contributed by atoms with Gasteiger partial charge in [0.1, 0.15) is 11.9 Å². The minimum Gasteiger partial charge on any atom is -0.351 e. The van der Waals surface area contributed by atoms with Crippen LogP contribution in [-0.4, -0.2) is 20.4 Å². The fourth-order valence-corrected chi connectivity index (χ4v) is 4.12. The number of halogens is 1. The summed E-state index contributed by atoms with van der Waals surface area (Å²) in [7, 11) is -4.01. The molecular weight excluding hydrogens is 403 g/mol. The predicted octanol–water partition coefficient (Wildman–Crippen LogP) is 3.34. The lowest BCUT2D eigenvalue weighted by atomic mass is 10.1. The average molecular weight is 427 g/mol. The molecule has 0 heterocycles. The summed E-state index contributed by atoms with van der Waals surface area (Å²) in [6, 6.07) is 20.3. The Hall–Kier alpha value is -3.03. The SMILES string of the molecule is Cc1ccc(CNC(=O)[C@H](Cc2ccccc2)NS(=O)(=O)c2ccc(F)cc2)cc1. The summed E-state index contributed by atoms with van der Waals surface area (Å²) in [4.78, 5) is 12.7. The predicted molar refractivity (Wildman–Crippen MR) is 114 cm³/mol. The zero-order valence-corrected chi connectivity index (χ0v) is 17.3. The third-order valence-electron chi connectivity index (χ3n) is 4.61. The van der Waals surface area contributed by atoms with E-state index < -0.39 is 27.8 Å². The van der Waals surface area contributed by atoms with Gasteiger partial charge in [-0.05, 0) is 48.7 Å². The van der Waals surface area contributed by atoms with Gasteiger partial charge in [-0.3, -0.25) is 4.79 Å². The van der Waals surface area contributed by atoms with E-state index in [4.69, 9.17) is 0 Å². The molecule has 0 aromatic heterocycles. The lowest BCUT2D eigenvalue weighted by Gasteiger charge is -2.19. The molecule has 0 bridgehead atoms. The molecule has 3 aromatic rings. The topological polar surface area (TPSA) is 75.3 Å². The first-order valence-corrected chi connectivity index (χ1v) is 11.0. The van der Waals surface area contributed by atoms with Crippen LogP contribution in [0.1, 0.15) is 16.7 Å². The van der Waals surface area contributed by atoms with Crippen molar-refractivity contribution in [3.8, 4) is 0 Å². The Labute approximate surface area is 176 Å². The van der Waals surface area contributed by atoms with Crippen molar-refractivity contribution < 1.29 is 17.6 Å². The Morgan fingerprint density at radius 2 is 1.53 bits per heavy atom. The molecule has 7 heteroatoms. The van der Waals surface area contributed by atoms with E-state index >= 15 is 0 Å². The van der Waals surface area contributed by atoms with Gasteiger partial charge >= 0.3 is 0 Å². The molecule has 0 unspecified atom stereocenters. The monoisotopic (exact) mass is 426 g/mol.